The molecular formula is C26H35N5O3. The lowest BCUT2D eigenvalue weighted by Gasteiger charge is -2.38. The van der Waals surface area contributed by atoms with Crippen LogP contribution in [0.5, 0.6) is 0 Å². The zero-order valence-corrected chi connectivity index (χ0v) is 20.6. The molecule has 2 heterocycles. The smallest absolute Gasteiger partial charge is 0.338 e. The van der Waals surface area contributed by atoms with Crippen LogP contribution in [0.15, 0.2) is 48.8 Å². The van der Waals surface area contributed by atoms with E-state index in [-0.39, 0.29) is 12.2 Å². The van der Waals surface area contributed by atoms with Crippen LogP contribution in [0.4, 0.5) is 5.69 Å². The molecule has 182 valence electrons. The SMILES string of the molecule is CCOC(C)N1CCN(c2cccc(-n3cnc4cc(C(=O)OCCN(C)C)ccc43)c2)CC1. The summed E-state index contributed by atoms with van der Waals surface area (Å²) in [6.07, 6.45) is 1.97. The number of hydrogen-bond donors (Lipinski definition) is 0. The minimum Gasteiger partial charge on any atom is -0.461 e. The number of nitrogens with zero attached hydrogens (tertiary/aromatic N) is 5. The van der Waals surface area contributed by atoms with Crippen LogP contribution < -0.4 is 4.90 Å². The molecular weight excluding hydrogens is 430 g/mol. The molecule has 1 saturated heterocycles. The number of benzene rings is 2. The molecule has 1 aromatic heterocycles. The van der Waals surface area contributed by atoms with E-state index in [1.165, 1.54) is 5.69 Å². The quantitative estimate of drug-likeness (QED) is 0.450. The third-order valence-electron chi connectivity index (χ3n) is 6.26. The van der Waals surface area contributed by atoms with Crippen LogP contribution in [0.25, 0.3) is 16.7 Å². The summed E-state index contributed by atoms with van der Waals surface area (Å²) < 4.78 is 13.2. The Morgan fingerprint density at radius 3 is 2.59 bits per heavy atom. The molecule has 0 aliphatic carbocycles. The summed E-state index contributed by atoms with van der Waals surface area (Å²) in [5.74, 6) is -0.321. The summed E-state index contributed by atoms with van der Waals surface area (Å²) in [5.41, 5.74) is 4.49. The van der Waals surface area contributed by atoms with Crippen LogP contribution >= 0.6 is 0 Å². The molecule has 34 heavy (non-hydrogen) atoms. The van der Waals surface area contributed by atoms with Gasteiger partial charge in [-0.25, -0.2) is 9.78 Å². The number of carbonyl (C=O) groups is 1. The number of ether oxygens (including phenoxy) is 2. The molecule has 0 saturated carbocycles. The van der Waals surface area contributed by atoms with Crippen molar-refractivity contribution in [3.8, 4) is 5.69 Å². The highest BCUT2D eigenvalue weighted by atomic mass is 16.5. The van der Waals surface area contributed by atoms with E-state index in [0.717, 1.165) is 49.5 Å². The van der Waals surface area contributed by atoms with E-state index in [4.69, 9.17) is 9.47 Å². The zero-order valence-electron chi connectivity index (χ0n) is 20.6. The Labute approximate surface area is 201 Å². The van der Waals surface area contributed by atoms with Crippen molar-refractivity contribution in [3.05, 3.63) is 54.4 Å². The number of aromatic nitrogens is 2. The predicted octanol–water partition coefficient (Wildman–Crippen LogP) is 3.25. The summed E-state index contributed by atoms with van der Waals surface area (Å²) in [7, 11) is 3.90. The monoisotopic (exact) mass is 465 g/mol. The second-order valence-electron chi connectivity index (χ2n) is 8.85. The van der Waals surface area contributed by atoms with Gasteiger partial charge in [0.1, 0.15) is 19.2 Å². The fraction of sp³-hybridized carbons (Fsp3) is 0.462. The van der Waals surface area contributed by atoms with Crippen molar-refractivity contribution in [3.63, 3.8) is 0 Å². The maximum absolute atomic E-state index is 12.4. The van der Waals surface area contributed by atoms with Gasteiger partial charge in [0.15, 0.2) is 0 Å². The number of piperazine rings is 1. The number of carbonyl (C=O) groups excluding carboxylic acids is 1. The lowest BCUT2D eigenvalue weighted by Crippen LogP contribution is -2.50. The van der Waals surface area contributed by atoms with Crippen molar-refractivity contribution in [1.82, 2.24) is 19.4 Å². The highest BCUT2D eigenvalue weighted by Crippen LogP contribution is 2.25. The van der Waals surface area contributed by atoms with Crippen molar-refractivity contribution >= 4 is 22.7 Å². The van der Waals surface area contributed by atoms with E-state index in [2.05, 4.69) is 50.5 Å². The summed E-state index contributed by atoms with van der Waals surface area (Å²) in [5, 5.41) is 0. The highest BCUT2D eigenvalue weighted by molar-refractivity contribution is 5.94. The number of likely N-dealkylation sites (N-methyl/N-ethyl adjacent to an activating group) is 1. The topological polar surface area (TPSA) is 63.1 Å². The molecule has 0 bridgehead atoms. The summed E-state index contributed by atoms with van der Waals surface area (Å²) in [6.45, 7) is 9.84. The predicted molar refractivity (Wildman–Crippen MR) is 135 cm³/mol. The standard InChI is InChI=1S/C26H35N5O3/c1-5-33-20(2)29-11-13-30(14-12-29)22-7-6-8-23(18-22)31-19-27-24-17-21(9-10-25(24)31)26(32)34-16-15-28(3)4/h6-10,17-20H,5,11-16H2,1-4H3. The van der Waals surface area contributed by atoms with Gasteiger partial charge in [-0.3, -0.25) is 9.47 Å². The van der Waals surface area contributed by atoms with Crippen molar-refractivity contribution in [2.24, 2.45) is 0 Å². The minimum absolute atomic E-state index is 0.158. The van der Waals surface area contributed by atoms with Gasteiger partial charge in [0.25, 0.3) is 0 Å². The molecule has 0 spiro atoms. The maximum atomic E-state index is 12.4. The third kappa shape index (κ3) is 5.58. The van der Waals surface area contributed by atoms with Crippen LogP contribution in [0.2, 0.25) is 0 Å². The van der Waals surface area contributed by atoms with Gasteiger partial charge in [-0.2, -0.15) is 0 Å². The van der Waals surface area contributed by atoms with Gasteiger partial charge in [-0.05, 0) is 64.3 Å². The second kappa shape index (κ2) is 11.0. The van der Waals surface area contributed by atoms with Gasteiger partial charge in [0.05, 0.1) is 16.6 Å². The zero-order chi connectivity index (χ0) is 24.1. The fourth-order valence-corrected chi connectivity index (χ4v) is 4.28. The largest absolute Gasteiger partial charge is 0.461 e. The molecule has 4 rings (SSSR count). The average molecular weight is 466 g/mol. The van der Waals surface area contributed by atoms with E-state index >= 15 is 0 Å². The van der Waals surface area contributed by atoms with Crippen LogP contribution in [0.3, 0.4) is 0 Å². The molecule has 1 aliphatic rings. The first-order chi connectivity index (χ1) is 16.5. The Morgan fingerprint density at radius 1 is 1.09 bits per heavy atom. The summed E-state index contributed by atoms with van der Waals surface area (Å²) >= 11 is 0. The molecule has 0 N–H and O–H groups in total. The van der Waals surface area contributed by atoms with Crippen molar-refractivity contribution in [1.29, 1.82) is 0 Å². The Morgan fingerprint density at radius 2 is 1.85 bits per heavy atom. The van der Waals surface area contributed by atoms with E-state index < -0.39 is 0 Å². The van der Waals surface area contributed by atoms with E-state index in [1.807, 2.05) is 38.3 Å². The molecule has 8 nitrogen and oxygen atoms in total. The van der Waals surface area contributed by atoms with Gasteiger partial charge in [0.2, 0.25) is 0 Å². The number of hydrogen-bond acceptors (Lipinski definition) is 7. The van der Waals surface area contributed by atoms with Crippen LogP contribution in [-0.2, 0) is 9.47 Å². The lowest BCUT2D eigenvalue weighted by atomic mass is 10.2. The van der Waals surface area contributed by atoms with E-state index in [9.17, 15) is 4.79 Å². The van der Waals surface area contributed by atoms with E-state index in [1.54, 1.807) is 12.1 Å². The Hall–Kier alpha value is -2.94. The highest BCUT2D eigenvalue weighted by Gasteiger charge is 2.21. The number of rotatable bonds is 9. The maximum Gasteiger partial charge on any atom is 0.338 e. The molecule has 0 radical (unpaired) electrons. The molecule has 1 unspecified atom stereocenters. The molecule has 3 aromatic rings. The van der Waals surface area contributed by atoms with Gasteiger partial charge < -0.3 is 19.3 Å². The van der Waals surface area contributed by atoms with Gasteiger partial charge in [0, 0.05) is 50.7 Å². The first kappa shape index (κ1) is 24.2. The van der Waals surface area contributed by atoms with Crippen molar-refractivity contribution < 1.29 is 14.3 Å². The molecule has 1 atom stereocenters. The Bertz CT molecular complexity index is 1100. The first-order valence-electron chi connectivity index (χ1n) is 12.0. The molecule has 8 heteroatoms. The minimum atomic E-state index is -0.321. The van der Waals surface area contributed by atoms with Gasteiger partial charge >= 0.3 is 5.97 Å². The number of imidazole rings is 1. The molecule has 1 aliphatic heterocycles. The first-order valence-corrected chi connectivity index (χ1v) is 12.0. The normalized spacial score (nSPS) is 15.7. The molecule has 1 fully saturated rings. The van der Waals surface area contributed by atoms with Gasteiger partial charge in [-0.1, -0.05) is 6.07 Å². The van der Waals surface area contributed by atoms with Crippen molar-refractivity contribution in [2.45, 2.75) is 20.1 Å². The van der Waals surface area contributed by atoms with E-state index in [0.29, 0.717) is 18.7 Å². The van der Waals surface area contributed by atoms with Gasteiger partial charge in [-0.15, -0.1) is 0 Å². The number of fused-ring (bicyclic) bond motifs is 1. The number of esters is 1. The average Bonchev–Trinajstić information content (AvgIpc) is 3.27. The summed E-state index contributed by atoms with van der Waals surface area (Å²) in [6, 6.07) is 14.1. The summed E-state index contributed by atoms with van der Waals surface area (Å²) in [4.78, 5) is 23.7. The Balaban J connectivity index is 1.47. The van der Waals surface area contributed by atoms with Crippen molar-refractivity contribution in [2.75, 3.05) is 64.9 Å². The molecule has 0 amide bonds. The fourth-order valence-electron chi connectivity index (χ4n) is 4.28. The second-order valence-corrected chi connectivity index (χ2v) is 8.85. The van der Waals surface area contributed by atoms with Crippen LogP contribution in [-0.4, -0.2) is 91.6 Å². The molecule has 2 aromatic carbocycles. The van der Waals surface area contributed by atoms with Crippen LogP contribution in [0.1, 0.15) is 24.2 Å². The van der Waals surface area contributed by atoms with Crippen LogP contribution in [0, 0.1) is 0 Å². The Kier molecular flexibility index (Phi) is 7.82. The third-order valence-corrected chi connectivity index (χ3v) is 6.26. The number of anilines is 1. The lowest BCUT2D eigenvalue weighted by molar-refractivity contribution is -0.0440.